The number of hydrogen-bond donors (Lipinski definition) is 1. The number of aliphatic hydroxyl groups is 1. The average Bonchev–Trinajstić information content (AvgIpc) is 3.08. The van der Waals surface area contributed by atoms with Crippen LogP contribution in [0.2, 0.25) is 0 Å². The monoisotopic (exact) mass is 458 g/mol. The van der Waals surface area contributed by atoms with E-state index in [4.69, 9.17) is 4.74 Å². The van der Waals surface area contributed by atoms with E-state index in [2.05, 4.69) is 29.0 Å². The maximum absolute atomic E-state index is 12.4. The SMILES string of the molecule is CC(/C=C/C(C)=C/[C@H](Cc1nc(C)cs1)OC(=O)/C=C\C=C(/C)C[C@H](C)O)=C\CN(C)C. The molecule has 6 heteroatoms. The Balaban J connectivity index is 2.89. The highest BCUT2D eigenvalue weighted by Crippen LogP contribution is 2.15. The molecule has 0 aromatic carbocycles. The van der Waals surface area contributed by atoms with Gasteiger partial charge in [0.15, 0.2) is 0 Å². The van der Waals surface area contributed by atoms with Crippen molar-refractivity contribution in [3.63, 3.8) is 0 Å². The molecule has 176 valence electrons. The number of carbonyl (C=O) groups excluding carboxylic acids is 1. The van der Waals surface area contributed by atoms with Crippen LogP contribution >= 0.6 is 11.3 Å². The van der Waals surface area contributed by atoms with E-state index in [1.54, 1.807) is 24.3 Å². The summed E-state index contributed by atoms with van der Waals surface area (Å²) in [5.41, 5.74) is 4.16. The summed E-state index contributed by atoms with van der Waals surface area (Å²) in [5.74, 6) is -0.403. The number of nitrogens with zero attached hydrogens (tertiary/aromatic N) is 2. The number of carbonyl (C=O) groups is 1. The van der Waals surface area contributed by atoms with Crippen molar-refractivity contribution < 1.29 is 14.6 Å². The van der Waals surface area contributed by atoms with Crippen LogP contribution in [0.3, 0.4) is 0 Å². The zero-order chi connectivity index (χ0) is 24.1. The quantitative estimate of drug-likeness (QED) is 0.265. The van der Waals surface area contributed by atoms with Crippen molar-refractivity contribution in [1.82, 2.24) is 9.88 Å². The van der Waals surface area contributed by atoms with Gasteiger partial charge in [0.25, 0.3) is 0 Å². The molecular weight excluding hydrogens is 420 g/mol. The summed E-state index contributed by atoms with van der Waals surface area (Å²) in [5, 5.41) is 12.4. The molecule has 0 radical (unpaired) electrons. The fraction of sp³-hybridized carbons (Fsp3) is 0.462. The van der Waals surface area contributed by atoms with Crippen LogP contribution in [0, 0.1) is 6.92 Å². The number of aliphatic hydroxyl groups excluding tert-OH is 1. The number of hydrogen-bond acceptors (Lipinski definition) is 6. The molecule has 0 aliphatic rings. The number of thiazole rings is 1. The van der Waals surface area contributed by atoms with Crippen LogP contribution in [-0.2, 0) is 16.0 Å². The molecule has 32 heavy (non-hydrogen) atoms. The van der Waals surface area contributed by atoms with Crippen molar-refractivity contribution in [2.75, 3.05) is 20.6 Å². The van der Waals surface area contributed by atoms with E-state index in [1.165, 1.54) is 11.6 Å². The van der Waals surface area contributed by atoms with Crippen molar-refractivity contribution in [3.8, 4) is 0 Å². The van der Waals surface area contributed by atoms with Gasteiger partial charge in [-0.1, -0.05) is 47.1 Å². The number of allylic oxidation sites excluding steroid dienone is 6. The summed E-state index contributed by atoms with van der Waals surface area (Å²) < 4.78 is 5.71. The molecule has 0 bridgehead atoms. The molecule has 5 nitrogen and oxygen atoms in total. The van der Waals surface area contributed by atoms with Gasteiger partial charge in [0.2, 0.25) is 0 Å². The van der Waals surface area contributed by atoms with E-state index in [1.807, 2.05) is 58.5 Å². The van der Waals surface area contributed by atoms with Crippen molar-refractivity contribution in [3.05, 3.63) is 75.3 Å². The summed E-state index contributed by atoms with van der Waals surface area (Å²) in [4.78, 5) is 19.0. The molecule has 1 N–H and O–H groups in total. The minimum Gasteiger partial charge on any atom is -0.454 e. The zero-order valence-electron chi connectivity index (χ0n) is 20.5. The molecule has 1 heterocycles. The smallest absolute Gasteiger partial charge is 0.331 e. The third-order valence-electron chi connectivity index (χ3n) is 4.38. The fourth-order valence-corrected chi connectivity index (χ4v) is 3.64. The maximum Gasteiger partial charge on any atom is 0.331 e. The molecule has 0 saturated heterocycles. The van der Waals surface area contributed by atoms with Gasteiger partial charge in [0.1, 0.15) is 6.10 Å². The Morgan fingerprint density at radius 1 is 1.22 bits per heavy atom. The standard InChI is InChI=1S/C26H38N2O3S/c1-19(13-14-28(6)7)11-12-21(3)16-24(17-25-27-22(4)18-32-25)31-26(30)10-8-9-20(2)15-23(5)29/h8-13,16,18,23-24,29H,14-15,17H2,1-7H3/b10-8-,12-11+,19-13+,20-9+,21-16+/t23-,24+/m0/s1. The molecule has 0 fully saturated rings. The molecule has 0 saturated carbocycles. The van der Waals surface area contributed by atoms with Crippen LogP contribution < -0.4 is 0 Å². The Morgan fingerprint density at radius 2 is 1.91 bits per heavy atom. The lowest BCUT2D eigenvalue weighted by Gasteiger charge is -2.13. The van der Waals surface area contributed by atoms with Crippen LogP contribution in [-0.4, -0.2) is 53.8 Å². The van der Waals surface area contributed by atoms with E-state index in [9.17, 15) is 9.90 Å². The molecule has 0 amide bonds. The molecule has 0 aliphatic heterocycles. The molecule has 2 atom stereocenters. The predicted molar refractivity (Wildman–Crippen MR) is 135 cm³/mol. The molecule has 1 aromatic rings. The van der Waals surface area contributed by atoms with Gasteiger partial charge < -0.3 is 14.7 Å². The average molecular weight is 459 g/mol. The molecule has 1 aromatic heterocycles. The van der Waals surface area contributed by atoms with Gasteiger partial charge in [-0.2, -0.15) is 0 Å². The second kappa shape index (κ2) is 14.7. The van der Waals surface area contributed by atoms with Gasteiger partial charge in [-0.3, -0.25) is 0 Å². The second-order valence-corrected chi connectivity index (χ2v) is 9.38. The third-order valence-corrected chi connectivity index (χ3v) is 5.37. The van der Waals surface area contributed by atoms with Crippen LogP contribution in [0.5, 0.6) is 0 Å². The van der Waals surface area contributed by atoms with Gasteiger partial charge in [0.05, 0.1) is 11.1 Å². The number of esters is 1. The summed E-state index contributed by atoms with van der Waals surface area (Å²) in [6.07, 6.45) is 13.4. The summed E-state index contributed by atoms with van der Waals surface area (Å²) in [6.45, 7) is 10.6. The van der Waals surface area contributed by atoms with E-state index >= 15 is 0 Å². The second-order valence-electron chi connectivity index (χ2n) is 8.44. The Kier molecular flexibility index (Phi) is 12.8. The van der Waals surface area contributed by atoms with Crippen LogP contribution in [0.1, 0.15) is 44.8 Å². The van der Waals surface area contributed by atoms with E-state index in [-0.39, 0.29) is 0 Å². The van der Waals surface area contributed by atoms with Crippen molar-refractivity contribution in [2.24, 2.45) is 0 Å². The largest absolute Gasteiger partial charge is 0.454 e. The number of likely N-dealkylation sites (N-methyl/N-ethyl adjacent to an activating group) is 1. The topological polar surface area (TPSA) is 62.7 Å². The first-order valence-electron chi connectivity index (χ1n) is 10.9. The zero-order valence-corrected chi connectivity index (χ0v) is 21.3. The number of ether oxygens (including phenoxy) is 1. The van der Waals surface area contributed by atoms with Crippen LogP contribution in [0.15, 0.2) is 64.6 Å². The minimum absolute atomic E-state index is 0.403. The third kappa shape index (κ3) is 13.2. The molecule has 0 unspecified atom stereocenters. The number of aromatic nitrogens is 1. The highest BCUT2D eigenvalue weighted by atomic mass is 32.1. The number of aryl methyl sites for hydroxylation is 1. The fourth-order valence-electron chi connectivity index (χ4n) is 2.82. The molecule has 0 spiro atoms. The Hall–Kier alpha value is -2.28. The Bertz CT molecular complexity index is 873. The Labute approximate surface area is 197 Å². The Morgan fingerprint density at radius 3 is 2.50 bits per heavy atom. The highest BCUT2D eigenvalue weighted by Gasteiger charge is 2.13. The lowest BCUT2D eigenvalue weighted by molar-refractivity contribution is -0.140. The van der Waals surface area contributed by atoms with Crippen molar-refractivity contribution in [2.45, 2.75) is 59.7 Å². The first-order valence-corrected chi connectivity index (χ1v) is 11.7. The summed E-state index contributed by atoms with van der Waals surface area (Å²) in [6, 6.07) is 0. The lowest BCUT2D eigenvalue weighted by atomic mass is 10.1. The minimum atomic E-state index is -0.407. The highest BCUT2D eigenvalue weighted by molar-refractivity contribution is 7.09. The summed E-state index contributed by atoms with van der Waals surface area (Å²) >= 11 is 1.57. The van der Waals surface area contributed by atoms with Gasteiger partial charge in [-0.15, -0.1) is 11.3 Å². The van der Waals surface area contributed by atoms with E-state index in [0.29, 0.717) is 12.8 Å². The van der Waals surface area contributed by atoms with Gasteiger partial charge in [-0.25, -0.2) is 9.78 Å². The van der Waals surface area contributed by atoms with Crippen molar-refractivity contribution >= 4 is 17.3 Å². The number of rotatable bonds is 12. The maximum atomic E-state index is 12.4. The van der Waals surface area contributed by atoms with E-state index < -0.39 is 18.2 Å². The molecule has 0 aliphatic carbocycles. The van der Waals surface area contributed by atoms with Gasteiger partial charge in [-0.05, 0) is 61.2 Å². The van der Waals surface area contributed by atoms with Crippen LogP contribution in [0.25, 0.3) is 0 Å². The molecular formula is C26H38N2O3S. The van der Waals surface area contributed by atoms with E-state index in [0.717, 1.165) is 28.4 Å². The normalized spacial score (nSPS) is 15.7. The lowest BCUT2D eigenvalue weighted by Crippen LogP contribution is -2.17. The van der Waals surface area contributed by atoms with Gasteiger partial charge in [0, 0.05) is 30.1 Å². The predicted octanol–water partition coefficient (Wildman–Crippen LogP) is 5.19. The van der Waals surface area contributed by atoms with Crippen molar-refractivity contribution in [1.29, 1.82) is 0 Å². The first kappa shape index (κ1) is 27.8. The van der Waals surface area contributed by atoms with Crippen LogP contribution in [0.4, 0.5) is 0 Å². The molecule has 1 rings (SSSR count). The van der Waals surface area contributed by atoms with Gasteiger partial charge >= 0.3 is 5.97 Å². The first-order chi connectivity index (χ1) is 15.0. The summed E-state index contributed by atoms with van der Waals surface area (Å²) in [7, 11) is 4.08.